The van der Waals surface area contributed by atoms with E-state index in [0.717, 1.165) is 29.8 Å². The van der Waals surface area contributed by atoms with Crippen LogP contribution in [0, 0.1) is 6.92 Å². The maximum Gasteiger partial charge on any atom is 0.336 e. The zero-order valence-corrected chi connectivity index (χ0v) is 16.7. The normalized spacial score (nSPS) is 11.2. The van der Waals surface area contributed by atoms with Gasteiger partial charge < -0.3 is 13.7 Å². The lowest BCUT2D eigenvalue weighted by Gasteiger charge is -2.07. The van der Waals surface area contributed by atoms with Crippen molar-refractivity contribution in [1.82, 2.24) is 9.55 Å². The molecule has 0 amide bonds. The SMILES string of the molecule is Cc1cn(CCCCCCCCCCOc2ccc3ccc(=O)oc3c2)cn1. The van der Waals surface area contributed by atoms with Gasteiger partial charge in [0.1, 0.15) is 11.3 Å². The van der Waals surface area contributed by atoms with Crippen molar-refractivity contribution in [3.05, 3.63) is 59.0 Å². The molecule has 0 radical (unpaired) electrons. The molecule has 2 heterocycles. The maximum atomic E-state index is 11.3. The lowest BCUT2D eigenvalue weighted by atomic mass is 10.1. The first-order chi connectivity index (χ1) is 13.7. The van der Waals surface area contributed by atoms with Gasteiger partial charge in [0.2, 0.25) is 0 Å². The summed E-state index contributed by atoms with van der Waals surface area (Å²) in [5, 5.41) is 0.909. The molecule has 28 heavy (non-hydrogen) atoms. The zero-order chi connectivity index (χ0) is 19.6. The average Bonchev–Trinajstić information content (AvgIpc) is 3.11. The Morgan fingerprint density at radius 2 is 1.68 bits per heavy atom. The van der Waals surface area contributed by atoms with E-state index in [4.69, 9.17) is 9.15 Å². The van der Waals surface area contributed by atoms with Gasteiger partial charge >= 0.3 is 5.63 Å². The van der Waals surface area contributed by atoms with Crippen LogP contribution in [0.5, 0.6) is 5.75 Å². The molecule has 0 aliphatic rings. The second kappa shape index (κ2) is 10.7. The average molecular weight is 383 g/mol. The highest BCUT2D eigenvalue weighted by atomic mass is 16.5. The summed E-state index contributed by atoms with van der Waals surface area (Å²) in [5.74, 6) is 0.759. The summed E-state index contributed by atoms with van der Waals surface area (Å²) in [6, 6.07) is 8.84. The fourth-order valence-corrected chi connectivity index (χ4v) is 3.37. The van der Waals surface area contributed by atoms with Crippen LogP contribution < -0.4 is 10.4 Å². The van der Waals surface area contributed by atoms with Crippen LogP contribution in [-0.4, -0.2) is 16.2 Å². The molecule has 5 nitrogen and oxygen atoms in total. The number of aromatic nitrogens is 2. The summed E-state index contributed by atoms with van der Waals surface area (Å²) >= 11 is 0. The van der Waals surface area contributed by atoms with E-state index in [2.05, 4.69) is 15.7 Å². The van der Waals surface area contributed by atoms with E-state index < -0.39 is 0 Å². The smallest absolute Gasteiger partial charge is 0.336 e. The Labute approximate surface area is 166 Å². The molecule has 0 unspecified atom stereocenters. The second-order valence-electron chi connectivity index (χ2n) is 7.38. The summed E-state index contributed by atoms with van der Waals surface area (Å²) in [6.45, 7) is 3.81. The van der Waals surface area contributed by atoms with Crippen LogP contribution in [0.1, 0.15) is 57.1 Å². The zero-order valence-electron chi connectivity index (χ0n) is 16.7. The van der Waals surface area contributed by atoms with Gasteiger partial charge in [-0.3, -0.25) is 0 Å². The summed E-state index contributed by atoms with van der Waals surface area (Å²) in [4.78, 5) is 15.5. The van der Waals surface area contributed by atoms with Gasteiger partial charge in [-0.25, -0.2) is 9.78 Å². The van der Waals surface area contributed by atoms with E-state index in [1.807, 2.05) is 25.4 Å². The number of imidazole rings is 1. The van der Waals surface area contributed by atoms with Crippen molar-refractivity contribution in [1.29, 1.82) is 0 Å². The molecular formula is C23H30N2O3. The van der Waals surface area contributed by atoms with Gasteiger partial charge in [-0.15, -0.1) is 0 Å². The van der Waals surface area contributed by atoms with Gasteiger partial charge in [0.05, 0.1) is 18.6 Å². The van der Waals surface area contributed by atoms with E-state index in [1.54, 1.807) is 12.1 Å². The van der Waals surface area contributed by atoms with Gasteiger partial charge in [0.15, 0.2) is 0 Å². The number of aryl methyl sites for hydroxylation is 2. The molecule has 2 aromatic heterocycles. The molecule has 0 aliphatic carbocycles. The largest absolute Gasteiger partial charge is 0.493 e. The lowest BCUT2D eigenvalue weighted by Crippen LogP contribution is -1.98. The molecule has 1 aromatic carbocycles. The molecule has 0 fully saturated rings. The number of hydrogen-bond donors (Lipinski definition) is 0. The molecule has 150 valence electrons. The van der Waals surface area contributed by atoms with Crippen LogP contribution in [0.3, 0.4) is 0 Å². The van der Waals surface area contributed by atoms with Crippen molar-refractivity contribution in [3.63, 3.8) is 0 Å². The minimum Gasteiger partial charge on any atom is -0.493 e. The molecule has 0 N–H and O–H groups in total. The molecular weight excluding hydrogens is 352 g/mol. The van der Waals surface area contributed by atoms with Crippen molar-refractivity contribution in [2.45, 2.75) is 64.8 Å². The predicted molar refractivity (Wildman–Crippen MR) is 112 cm³/mol. The van der Waals surface area contributed by atoms with Crippen molar-refractivity contribution < 1.29 is 9.15 Å². The number of fused-ring (bicyclic) bond motifs is 1. The van der Waals surface area contributed by atoms with Crippen LogP contribution in [0.25, 0.3) is 11.0 Å². The Kier molecular flexibility index (Phi) is 7.71. The third kappa shape index (κ3) is 6.55. The van der Waals surface area contributed by atoms with Crippen LogP contribution in [0.15, 0.2) is 52.1 Å². The van der Waals surface area contributed by atoms with E-state index in [9.17, 15) is 4.79 Å². The monoisotopic (exact) mass is 382 g/mol. The predicted octanol–water partition coefficient (Wildman–Crippen LogP) is 5.50. The second-order valence-corrected chi connectivity index (χ2v) is 7.38. The van der Waals surface area contributed by atoms with E-state index in [0.29, 0.717) is 12.2 Å². The van der Waals surface area contributed by atoms with Crippen molar-refractivity contribution >= 4 is 11.0 Å². The van der Waals surface area contributed by atoms with Gasteiger partial charge in [-0.05, 0) is 38.0 Å². The Balaban J connectivity index is 1.19. The number of unbranched alkanes of at least 4 members (excludes halogenated alkanes) is 7. The number of ether oxygens (including phenoxy) is 1. The van der Waals surface area contributed by atoms with E-state index in [-0.39, 0.29) is 5.63 Å². The molecule has 3 aromatic rings. The highest BCUT2D eigenvalue weighted by Crippen LogP contribution is 2.20. The molecule has 0 saturated heterocycles. The van der Waals surface area contributed by atoms with Crippen LogP contribution >= 0.6 is 0 Å². The summed E-state index contributed by atoms with van der Waals surface area (Å²) in [7, 11) is 0. The first-order valence-corrected chi connectivity index (χ1v) is 10.4. The van der Waals surface area contributed by atoms with Crippen LogP contribution in [0.2, 0.25) is 0 Å². The number of benzene rings is 1. The minimum absolute atomic E-state index is 0.332. The summed E-state index contributed by atoms with van der Waals surface area (Å²) in [5.41, 5.74) is 1.34. The van der Waals surface area contributed by atoms with E-state index in [1.165, 1.54) is 51.0 Å². The first-order valence-electron chi connectivity index (χ1n) is 10.4. The summed E-state index contributed by atoms with van der Waals surface area (Å²) < 4.78 is 13.2. The summed E-state index contributed by atoms with van der Waals surface area (Å²) in [6.07, 6.45) is 14.0. The molecule has 0 atom stereocenters. The molecule has 0 aliphatic heterocycles. The molecule has 0 bridgehead atoms. The molecule has 5 heteroatoms. The Morgan fingerprint density at radius 1 is 0.964 bits per heavy atom. The Hall–Kier alpha value is -2.56. The van der Waals surface area contributed by atoms with Crippen molar-refractivity contribution in [2.75, 3.05) is 6.61 Å². The third-order valence-electron chi connectivity index (χ3n) is 4.94. The first kappa shape index (κ1) is 20.2. The highest BCUT2D eigenvalue weighted by Gasteiger charge is 2.01. The number of rotatable bonds is 12. The van der Waals surface area contributed by atoms with Gasteiger partial charge in [-0.2, -0.15) is 0 Å². The fraction of sp³-hybridized carbons (Fsp3) is 0.478. The Bertz CT molecular complexity index is 913. The third-order valence-corrected chi connectivity index (χ3v) is 4.94. The molecule has 0 spiro atoms. The van der Waals surface area contributed by atoms with Crippen LogP contribution in [-0.2, 0) is 6.54 Å². The van der Waals surface area contributed by atoms with E-state index >= 15 is 0 Å². The minimum atomic E-state index is -0.332. The lowest BCUT2D eigenvalue weighted by molar-refractivity contribution is 0.304. The highest BCUT2D eigenvalue weighted by molar-refractivity contribution is 5.77. The maximum absolute atomic E-state index is 11.3. The van der Waals surface area contributed by atoms with Crippen molar-refractivity contribution in [3.8, 4) is 5.75 Å². The fourth-order valence-electron chi connectivity index (χ4n) is 3.37. The number of nitrogens with zero attached hydrogens (tertiary/aromatic N) is 2. The topological polar surface area (TPSA) is 57.3 Å². The quantitative estimate of drug-likeness (QED) is 0.307. The number of hydrogen-bond acceptors (Lipinski definition) is 4. The Morgan fingerprint density at radius 3 is 2.43 bits per heavy atom. The van der Waals surface area contributed by atoms with Gasteiger partial charge in [0, 0.05) is 30.3 Å². The van der Waals surface area contributed by atoms with Crippen molar-refractivity contribution in [2.24, 2.45) is 0 Å². The van der Waals surface area contributed by atoms with Gasteiger partial charge in [-0.1, -0.05) is 38.5 Å². The van der Waals surface area contributed by atoms with Gasteiger partial charge in [0.25, 0.3) is 0 Å². The molecule has 3 rings (SSSR count). The standard InChI is InChI=1S/C23H30N2O3/c1-19-17-25(18-24-19)14-8-6-4-2-3-5-7-9-15-27-21-12-10-20-11-13-23(26)28-22(20)16-21/h10-13,16-18H,2-9,14-15H2,1H3. The van der Waals surface area contributed by atoms with Crippen LogP contribution in [0.4, 0.5) is 0 Å². The molecule has 0 saturated carbocycles.